The van der Waals surface area contributed by atoms with Crippen molar-refractivity contribution in [3.63, 3.8) is 0 Å². The summed E-state index contributed by atoms with van der Waals surface area (Å²) >= 11 is 0. The minimum absolute atomic E-state index is 0.0843. The third-order valence-electron chi connectivity index (χ3n) is 1.45. The lowest BCUT2D eigenvalue weighted by Crippen LogP contribution is -2.33. The van der Waals surface area contributed by atoms with E-state index in [0.717, 1.165) is 0 Å². The summed E-state index contributed by atoms with van der Waals surface area (Å²) in [4.78, 5) is 34.8. The molecule has 0 aromatic heterocycles. The molecular weight excluding hydrogens is 224 g/mol. The van der Waals surface area contributed by atoms with Gasteiger partial charge in [-0.25, -0.2) is 0 Å². The molecule has 0 fully saturated rings. The van der Waals surface area contributed by atoms with E-state index in [9.17, 15) is 19.7 Å². The molecule has 0 heterocycles. The van der Waals surface area contributed by atoms with Crippen LogP contribution in [0.15, 0.2) is 0 Å². The summed E-state index contributed by atoms with van der Waals surface area (Å²) in [5.74, 6) is -2.07. The molecule has 0 bridgehead atoms. The third-order valence-corrected chi connectivity index (χ3v) is 1.45. The van der Waals surface area contributed by atoms with Gasteiger partial charge >= 0.3 is 11.9 Å². The number of esters is 1. The van der Waals surface area contributed by atoms with Crippen LogP contribution in [0.4, 0.5) is 0 Å². The van der Waals surface area contributed by atoms with Crippen LogP contribution in [0.25, 0.3) is 0 Å². The van der Waals surface area contributed by atoms with Gasteiger partial charge in [0.15, 0.2) is 0 Å². The zero-order valence-electron chi connectivity index (χ0n) is 8.33. The van der Waals surface area contributed by atoms with Crippen LogP contribution in [0.1, 0.15) is 12.8 Å². The van der Waals surface area contributed by atoms with Gasteiger partial charge in [0.25, 0.3) is 5.09 Å². The maximum absolute atomic E-state index is 10.9. The summed E-state index contributed by atoms with van der Waals surface area (Å²) in [5, 5.41) is 17.1. The van der Waals surface area contributed by atoms with Gasteiger partial charge in [-0.1, -0.05) is 0 Å². The lowest BCUT2D eigenvalue weighted by atomic mass is 10.2. The molecule has 0 radical (unpaired) electrons. The van der Waals surface area contributed by atoms with Crippen molar-refractivity contribution in [3.05, 3.63) is 10.1 Å². The molecule has 1 atom stereocenters. The number of carbonyl (C=O) groups excluding carboxylic acids is 1. The molecule has 0 aromatic rings. The van der Waals surface area contributed by atoms with E-state index >= 15 is 0 Å². The van der Waals surface area contributed by atoms with Crippen LogP contribution < -0.4 is 5.73 Å². The predicted molar refractivity (Wildman–Crippen MR) is 48.8 cm³/mol. The Morgan fingerprint density at radius 3 is 2.56 bits per heavy atom. The number of nitrogens with two attached hydrogens (primary N) is 1. The SMILES string of the molecule is NC(CC(=O)OCCCO[N+](=O)[O-])C(=O)O. The Morgan fingerprint density at radius 2 is 2.06 bits per heavy atom. The van der Waals surface area contributed by atoms with Gasteiger partial charge in [-0.3, -0.25) is 9.59 Å². The quantitative estimate of drug-likeness (QED) is 0.235. The number of carbonyl (C=O) groups is 2. The van der Waals surface area contributed by atoms with Crippen molar-refractivity contribution < 1.29 is 29.4 Å². The van der Waals surface area contributed by atoms with Crippen molar-refractivity contribution in [3.8, 4) is 0 Å². The number of hydrogen-bond donors (Lipinski definition) is 2. The maximum Gasteiger partial charge on any atom is 0.321 e. The molecule has 16 heavy (non-hydrogen) atoms. The van der Waals surface area contributed by atoms with Crippen LogP contribution in [0.2, 0.25) is 0 Å². The minimum Gasteiger partial charge on any atom is -0.480 e. The van der Waals surface area contributed by atoms with E-state index in [2.05, 4.69) is 9.57 Å². The smallest absolute Gasteiger partial charge is 0.321 e. The summed E-state index contributed by atoms with van der Waals surface area (Å²) in [6, 6.07) is -1.30. The molecule has 0 saturated carbocycles. The molecule has 0 aliphatic carbocycles. The molecule has 0 aliphatic heterocycles. The average molecular weight is 236 g/mol. The first-order valence-electron chi connectivity index (χ1n) is 4.34. The normalized spacial score (nSPS) is 11.6. The monoisotopic (exact) mass is 236 g/mol. The zero-order chi connectivity index (χ0) is 12.6. The van der Waals surface area contributed by atoms with Gasteiger partial charge in [-0.2, -0.15) is 0 Å². The molecule has 0 spiro atoms. The van der Waals surface area contributed by atoms with E-state index < -0.39 is 29.5 Å². The number of aliphatic carboxylic acids is 1. The first kappa shape index (κ1) is 14.1. The fourth-order valence-corrected chi connectivity index (χ4v) is 0.710. The van der Waals surface area contributed by atoms with Crippen molar-refractivity contribution >= 4 is 11.9 Å². The lowest BCUT2D eigenvalue weighted by molar-refractivity contribution is -0.757. The summed E-state index contributed by atoms with van der Waals surface area (Å²) in [5.41, 5.74) is 5.07. The molecule has 0 rings (SSSR count). The van der Waals surface area contributed by atoms with Crippen molar-refractivity contribution in [2.75, 3.05) is 13.2 Å². The number of ether oxygens (including phenoxy) is 1. The Labute approximate surface area is 90.2 Å². The Bertz CT molecular complexity index is 267. The van der Waals surface area contributed by atoms with Gasteiger partial charge in [0.05, 0.1) is 19.6 Å². The van der Waals surface area contributed by atoms with Crippen molar-refractivity contribution in [2.45, 2.75) is 18.9 Å². The van der Waals surface area contributed by atoms with Gasteiger partial charge in [0, 0.05) is 6.42 Å². The summed E-state index contributed by atoms with van der Waals surface area (Å²) in [6.07, 6.45) is -0.291. The zero-order valence-corrected chi connectivity index (χ0v) is 8.33. The van der Waals surface area contributed by atoms with Crippen LogP contribution in [-0.2, 0) is 19.2 Å². The molecule has 0 aliphatic rings. The molecule has 3 N–H and O–H groups in total. The van der Waals surface area contributed by atoms with Crippen LogP contribution in [0.5, 0.6) is 0 Å². The molecule has 9 heteroatoms. The Kier molecular flexibility index (Phi) is 6.52. The Hall–Kier alpha value is -1.90. The van der Waals surface area contributed by atoms with Crippen molar-refractivity contribution in [1.29, 1.82) is 0 Å². The number of carboxylic acid groups (broad SMARTS) is 1. The molecule has 0 amide bonds. The molecule has 9 nitrogen and oxygen atoms in total. The van der Waals surface area contributed by atoms with Crippen LogP contribution in [0.3, 0.4) is 0 Å². The van der Waals surface area contributed by atoms with E-state index in [1.807, 2.05) is 0 Å². The van der Waals surface area contributed by atoms with Gasteiger partial charge < -0.3 is 20.4 Å². The van der Waals surface area contributed by atoms with E-state index in [0.29, 0.717) is 0 Å². The average Bonchev–Trinajstić information content (AvgIpc) is 2.16. The van der Waals surface area contributed by atoms with Gasteiger partial charge in [0.2, 0.25) is 0 Å². The highest BCUT2D eigenvalue weighted by molar-refractivity contribution is 5.81. The number of hydrogen-bond acceptors (Lipinski definition) is 7. The fourth-order valence-electron chi connectivity index (χ4n) is 0.710. The standard InChI is InChI=1S/C7H12N2O7/c8-5(7(11)12)4-6(10)15-2-1-3-16-9(13)14/h5H,1-4,8H2,(H,11,12). The van der Waals surface area contributed by atoms with E-state index in [1.54, 1.807) is 0 Å². The van der Waals surface area contributed by atoms with Crippen molar-refractivity contribution in [1.82, 2.24) is 0 Å². The number of carboxylic acids is 1. The minimum atomic E-state index is -1.30. The fraction of sp³-hybridized carbons (Fsp3) is 0.714. The molecular formula is C7H12N2O7. The highest BCUT2D eigenvalue weighted by Crippen LogP contribution is 1.94. The predicted octanol–water partition coefficient (Wildman–Crippen LogP) is -1.07. The van der Waals surface area contributed by atoms with Crippen LogP contribution in [-0.4, -0.2) is 41.4 Å². The van der Waals surface area contributed by atoms with Gasteiger partial charge in [0.1, 0.15) is 6.04 Å². The van der Waals surface area contributed by atoms with Crippen molar-refractivity contribution in [2.24, 2.45) is 5.73 Å². The van der Waals surface area contributed by atoms with E-state index in [1.165, 1.54) is 0 Å². The largest absolute Gasteiger partial charge is 0.480 e. The molecule has 1 unspecified atom stereocenters. The Morgan fingerprint density at radius 1 is 1.44 bits per heavy atom. The number of nitrogens with zero attached hydrogens (tertiary/aromatic N) is 1. The highest BCUT2D eigenvalue weighted by atomic mass is 16.9. The highest BCUT2D eigenvalue weighted by Gasteiger charge is 2.16. The van der Waals surface area contributed by atoms with Crippen LogP contribution >= 0.6 is 0 Å². The van der Waals surface area contributed by atoms with E-state index in [-0.39, 0.29) is 19.6 Å². The van der Waals surface area contributed by atoms with E-state index in [4.69, 9.17) is 10.8 Å². The van der Waals surface area contributed by atoms with Crippen LogP contribution in [0, 0.1) is 10.1 Å². The topological polar surface area (TPSA) is 142 Å². The van der Waals surface area contributed by atoms with Gasteiger partial charge in [-0.15, -0.1) is 10.1 Å². The molecule has 0 aromatic carbocycles. The second-order valence-electron chi connectivity index (χ2n) is 2.78. The first-order chi connectivity index (χ1) is 7.43. The Balaban J connectivity index is 3.51. The third kappa shape index (κ3) is 7.50. The lowest BCUT2D eigenvalue weighted by Gasteiger charge is -2.06. The first-order valence-corrected chi connectivity index (χ1v) is 4.34. The second kappa shape index (κ2) is 7.40. The maximum atomic E-state index is 10.9. The summed E-state index contributed by atoms with van der Waals surface area (Å²) < 4.78 is 4.56. The second-order valence-corrected chi connectivity index (χ2v) is 2.78. The molecule has 0 saturated heterocycles. The number of rotatable bonds is 8. The summed E-state index contributed by atoms with van der Waals surface area (Å²) in [7, 11) is 0. The summed E-state index contributed by atoms with van der Waals surface area (Å²) in [6.45, 7) is -0.274. The molecule has 92 valence electrons. The van der Waals surface area contributed by atoms with Gasteiger partial charge in [-0.05, 0) is 0 Å².